The SMILES string of the molecule is C=CCN1CCC[C@H]1C(=O)NCc1cccc(CO)c1. The minimum absolute atomic E-state index is 0.0253. The first-order valence-corrected chi connectivity index (χ1v) is 7.06. The van der Waals surface area contributed by atoms with Crippen LogP contribution < -0.4 is 5.32 Å². The van der Waals surface area contributed by atoms with Crippen LogP contribution in [-0.2, 0) is 17.9 Å². The van der Waals surface area contributed by atoms with E-state index in [2.05, 4.69) is 16.8 Å². The van der Waals surface area contributed by atoms with E-state index < -0.39 is 0 Å². The molecule has 1 heterocycles. The van der Waals surface area contributed by atoms with Gasteiger partial charge in [-0.3, -0.25) is 9.69 Å². The fourth-order valence-electron chi connectivity index (χ4n) is 2.65. The van der Waals surface area contributed by atoms with Gasteiger partial charge < -0.3 is 10.4 Å². The normalized spacial score (nSPS) is 18.9. The maximum Gasteiger partial charge on any atom is 0.237 e. The number of likely N-dealkylation sites (tertiary alicyclic amines) is 1. The lowest BCUT2D eigenvalue weighted by Gasteiger charge is -2.22. The lowest BCUT2D eigenvalue weighted by atomic mass is 10.1. The van der Waals surface area contributed by atoms with Crippen molar-refractivity contribution in [2.45, 2.75) is 32.0 Å². The molecule has 0 radical (unpaired) electrons. The zero-order chi connectivity index (χ0) is 14.4. The van der Waals surface area contributed by atoms with E-state index in [1.165, 1.54) is 0 Å². The third kappa shape index (κ3) is 3.68. The Kier molecular flexibility index (Phi) is 5.32. The second-order valence-electron chi connectivity index (χ2n) is 5.14. The number of nitrogens with zero attached hydrogens (tertiary/aromatic N) is 1. The van der Waals surface area contributed by atoms with Crippen molar-refractivity contribution in [2.75, 3.05) is 13.1 Å². The van der Waals surface area contributed by atoms with Crippen LogP contribution in [0.25, 0.3) is 0 Å². The van der Waals surface area contributed by atoms with E-state index >= 15 is 0 Å². The molecule has 1 aromatic rings. The molecular formula is C16H22N2O2. The first kappa shape index (κ1) is 14.8. The molecule has 1 aliphatic heterocycles. The molecule has 108 valence electrons. The van der Waals surface area contributed by atoms with Gasteiger partial charge in [-0.1, -0.05) is 30.3 Å². The maximum atomic E-state index is 12.2. The number of benzene rings is 1. The van der Waals surface area contributed by atoms with Gasteiger partial charge in [-0.2, -0.15) is 0 Å². The third-order valence-corrected chi connectivity index (χ3v) is 3.67. The molecule has 1 aromatic carbocycles. The number of rotatable bonds is 6. The van der Waals surface area contributed by atoms with E-state index in [9.17, 15) is 4.79 Å². The predicted molar refractivity (Wildman–Crippen MR) is 79.0 cm³/mol. The molecular weight excluding hydrogens is 252 g/mol. The Bertz CT molecular complexity index is 473. The molecule has 0 saturated carbocycles. The predicted octanol–water partition coefficient (Wildman–Crippen LogP) is 1.45. The van der Waals surface area contributed by atoms with Gasteiger partial charge in [0.05, 0.1) is 12.6 Å². The van der Waals surface area contributed by atoms with Crippen LogP contribution >= 0.6 is 0 Å². The molecule has 0 spiro atoms. The first-order chi connectivity index (χ1) is 9.74. The first-order valence-electron chi connectivity index (χ1n) is 7.06. The van der Waals surface area contributed by atoms with Crippen molar-refractivity contribution in [3.8, 4) is 0 Å². The summed E-state index contributed by atoms with van der Waals surface area (Å²) in [6, 6.07) is 7.60. The van der Waals surface area contributed by atoms with Gasteiger partial charge in [0.1, 0.15) is 0 Å². The van der Waals surface area contributed by atoms with Crippen LogP contribution in [0.1, 0.15) is 24.0 Å². The van der Waals surface area contributed by atoms with Crippen LogP contribution in [-0.4, -0.2) is 35.0 Å². The minimum atomic E-state index is -0.0333. The Labute approximate surface area is 120 Å². The Balaban J connectivity index is 1.89. The molecule has 1 amide bonds. The summed E-state index contributed by atoms with van der Waals surface area (Å²) in [6.07, 6.45) is 3.82. The number of aliphatic hydroxyl groups excluding tert-OH is 1. The van der Waals surface area contributed by atoms with Gasteiger partial charge >= 0.3 is 0 Å². The molecule has 20 heavy (non-hydrogen) atoms. The quantitative estimate of drug-likeness (QED) is 0.772. The van der Waals surface area contributed by atoms with Crippen molar-refractivity contribution in [1.82, 2.24) is 10.2 Å². The summed E-state index contributed by atoms with van der Waals surface area (Å²) in [4.78, 5) is 14.4. The maximum absolute atomic E-state index is 12.2. The van der Waals surface area contributed by atoms with E-state index in [1.54, 1.807) is 0 Å². The van der Waals surface area contributed by atoms with Crippen molar-refractivity contribution in [3.05, 3.63) is 48.0 Å². The molecule has 4 nitrogen and oxygen atoms in total. The number of amides is 1. The standard InChI is InChI=1S/C16H22N2O2/c1-2-8-18-9-4-7-15(18)16(20)17-11-13-5-3-6-14(10-13)12-19/h2-3,5-6,10,15,19H,1,4,7-9,11-12H2,(H,17,20)/t15-/m0/s1. The van der Waals surface area contributed by atoms with E-state index in [1.807, 2.05) is 30.3 Å². The van der Waals surface area contributed by atoms with Crippen molar-refractivity contribution < 1.29 is 9.90 Å². The Morgan fingerprint density at radius 3 is 3.05 bits per heavy atom. The monoisotopic (exact) mass is 274 g/mol. The number of aliphatic hydroxyl groups is 1. The van der Waals surface area contributed by atoms with Crippen molar-refractivity contribution >= 4 is 5.91 Å². The molecule has 2 rings (SSSR count). The molecule has 1 saturated heterocycles. The Hall–Kier alpha value is -1.65. The van der Waals surface area contributed by atoms with E-state index in [-0.39, 0.29) is 18.6 Å². The molecule has 0 aliphatic carbocycles. The highest BCUT2D eigenvalue weighted by atomic mass is 16.3. The Morgan fingerprint density at radius 1 is 1.50 bits per heavy atom. The van der Waals surface area contributed by atoms with Crippen LogP contribution in [0, 0.1) is 0 Å². The topological polar surface area (TPSA) is 52.6 Å². The zero-order valence-corrected chi connectivity index (χ0v) is 11.7. The average Bonchev–Trinajstić information content (AvgIpc) is 2.94. The van der Waals surface area contributed by atoms with Gasteiger partial charge in [0.2, 0.25) is 5.91 Å². The summed E-state index contributed by atoms with van der Waals surface area (Å²) >= 11 is 0. The van der Waals surface area contributed by atoms with E-state index in [4.69, 9.17) is 5.11 Å². The third-order valence-electron chi connectivity index (χ3n) is 3.67. The fourth-order valence-corrected chi connectivity index (χ4v) is 2.65. The second-order valence-corrected chi connectivity index (χ2v) is 5.14. The fraction of sp³-hybridized carbons (Fsp3) is 0.438. The largest absolute Gasteiger partial charge is 0.392 e. The van der Waals surface area contributed by atoms with E-state index in [0.717, 1.165) is 37.1 Å². The van der Waals surface area contributed by atoms with Crippen LogP contribution in [0.15, 0.2) is 36.9 Å². The number of nitrogens with one attached hydrogen (secondary N) is 1. The van der Waals surface area contributed by atoms with Crippen LogP contribution in [0.4, 0.5) is 0 Å². The van der Waals surface area contributed by atoms with Crippen molar-refractivity contribution in [2.24, 2.45) is 0 Å². The van der Waals surface area contributed by atoms with Gasteiger partial charge in [0.25, 0.3) is 0 Å². The summed E-state index contributed by atoms with van der Waals surface area (Å²) in [6.45, 7) is 5.99. The lowest BCUT2D eigenvalue weighted by Crippen LogP contribution is -2.43. The highest BCUT2D eigenvalue weighted by Gasteiger charge is 2.29. The summed E-state index contributed by atoms with van der Waals surface area (Å²) in [5.41, 5.74) is 1.88. The summed E-state index contributed by atoms with van der Waals surface area (Å²) in [7, 11) is 0. The minimum Gasteiger partial charge on any atom is -0.392 e. The molecule has 4 heteroatoms. The van der Waals surface area contributed by atoms with Crippen molar-refractivity contribution in [3.63, 3.8) is 0 Å². The number of hydrogen-bond donors (Lipinski definition) is 2. The molecule has 0 aromatic heterocycles. The van der Waals surface area contributed by atoms with Gasteiger partial charge in [0.15, 0.2) is 0 Å². The van der Waals surface area contributed by atoms with Crippen LogP contribution in [0.5, 0.6) is 0 Å². The van der Waals surface area contributed by atoms with Gasteiger partial charge in [-0.25, -0.2) is 0 Å². The van der Waals surface area contributed by atoms with Crippen LogP contribution in [0.2, 0.25) is 0 Å². The number of carbonyl (C=O) groups is 1. The number of hydrogen-bond acceptors (Lipinski definition) is 3. The molecule has 2 N–H and O–H groups in total. The van der Waals surface area contributed by atoms with E-state index in [0.29, 0.717) is 6.54 Å². The van der Waals surface area contributed by atoms with Crippen LogP contribution in [0.3, 0.4) is 0 Å². The molecule has 1 aliphatic rings. The summed E-state index contributed by atoms with van der Waals surface area (Å²) < 4.78 is 0. The highest BCUT2D eigenvalue weighted by molar-refractivity contribution is 5.82. The number of carbonyl (C=O) groups excluding carboxylic acids is 1. The molecule has 1 fully saturated rings. The lowest BCUT2D eigenvalue weighted by molar-refractivity contribution is -0.125. The smallest absolute Gasteiger partial charge is 0.237 e. The average molecular weight is 274 g/mol. The zero-order valence-electron chi connectivity index (χ0n) is 11.7. The second kappa shape index (κ2) is 7.22. The molecule has 0 bridgehead atoms. The highest BCUT2D eigenvalue weighted by Crippen LogP contribution is 2.17. The summed E-state index contributed by atoms with van der Waals surface area (Å²) in [5, 5.41) is 12.1. The molecule has 0 unspecified atom stereocenters. The summed E-state index contributed by atoms with van der Waals surface area (Å²) in [5.74, 6) is 0.0822. The van der Waals surface area contributed by atoms with Gasteiger partial charge in [-0.15, -0.1) is 6.58 Å². The van der Waals surface area contributed by atoms with Crippen molar-refractivity contribution in [1.29, 1.82) is 0 Å². The Morgan fingerprint density at radius 2 is 2.30 bits per heavy atom. The van der Waals surface area contributed by atoms with Gasteiger partial charge in [0, 0.05) is 13.1 Å². The van der Waals surface area contributed by atoms with Gasteiger partial charge in [-0.05, 0) is 30.5 Å². The molecule has 1 atom stereocenters.